The zero-order valence-electron chi connectivity index (χ0n) is 17.9. The quantitative estimate of drug-likeness (QED) is 0.439. The number of nitrogen functional groups attached to an aromatic ring is 1. The number of hydrogen-bond acceptors (Lipinski definition) is 10. The van der Waals surface area contributed by atoms with Gasteiger partial charge >= 0.3 is 0 Å². The van der Waals surface area contributed by atoms with Gasteiger partial charge in [0.2, 0.25) is 0 Å². The molecule has 0 amide bonds. The first-order valence-electron chi connectivity index (χ1n) is 10.5. The lowest BCUT2D eigenvalue weighted by atomic mass is 10.1. The Balaban J connectivity index is 1.44. The summed E-state index contributed by atoms with van der Waals surface area (Å²) in [5.41, 5.74) is 8.60. The molecule has 0 saturated carbocycles. The maximum atomic E-state index is 12.9. The molecule has 33 heavy (non-hydrogen) atoms. The highest BCUT2D eigenvalue weighted by atomic mass is 32.2. The van der Waals surface area contributed by atoms with E-state index in [1.54, 1.807) is 24.3 Å². The fourth-order valence-electron chi connectivity index (χ4n) is 3.81. The Morgan fingerprint density at radius 2 is 1.82 bits per heavy atom. The molecular formula is C22H22N6O3S2. The molecule has 0 spiro atoms. The van der Waals surface area contributed by atoms with Gasteiger partial charge in [-0.1, -0.05) is 12.1 Å². The molecule has 5 rings (SSSR count). The number of thiophene rings is 1. The molecule has 0 radical (unpaired) electrons. The van der Waals surface area contributed by atoms with E-state index in [9.17, 15) is 8.42 Å². The first-order valence-corrected chi connectivity index (χ1v) is 12.9. The summed E-state index contributed by atoms with van der Waals surface area (Å²) in [6.07, 6.45) is 2.78. The summed E-state index contributed by atoms with van der Waals surface area (Å²) in [5.74, 6) is 0.744. The smallest absolute Gasteiger partial charge is 0.270 e. The Bertz CT molecular complexity index is 1390. The predicted octanol–water partition coefficient (Wildman–Crippen LogP) is 3.34. The second-order valence-corrected chi connectivity index (χ2v) is 11.0. The van der Waals surface area contributed by atoms with Gasteiger partial charge in [-0.3, -0.25) is 0 Å². The largest absolute Gasteiger partial charge is 0.414 e. The third-order valence-electron chi connectivity index (χ3n) is 5.69. The van der Waals surface area contributed by atoms with Crippen LogP contribution < -0.4 is 11.1 Å². The Morgan fingerprint density at radius 1 is 1.09 bits per heavy atom. The van der Waals surface area contributed by atoms with Crippen molar-refractivity contribution in [3.63, 3.8) is 0 Å². The average molecular weight is 483 g/mol. The van der Waals surface area contributed by atoms with Gasteiger partial charge in [0, 0.05) is 5.56 Å². The number of nitrogens with one attached hydrogen (secondary N) is 1. The standard InChI is InChI=1S/C22H22N6O3S2/c1-13-8-11-32-19(13)22-28-27-21(31-22)18-20(23)25-12-17(26-18)14-2-4-15(5-3-14)33(29,30)16-6-9-24-10-7-16/h2-5,8,11-12,16,24H,6-7,9-10H2,1H3,(H2,23,25). The predicted molar refractivity (Wildman–Crippen MR) is 126 cm³/mol. The zero-order valence-corrected chi connectivity index (χ0v) is 19.5. The number of hydrogen-bond donors (Lipinski definition) is 2. The van der Waals surface area contributed by atoms with Gasteiger partial charge in [-0.05, 0) is 62.0 Å². The molecule has 3 aromatic heterocycles. The molecule has 1 aliphatic rings. The van der Waals surface area contributed by atoms with Gasteiger partial charge in [0.25, 0.3) is 11.8 Å². The maximum Gasteiger partial charge on any atom is 0.270 e. The number of nitrogens with two attached hydrogens (primary N) is 1. The van der Waals surface area contributed by atoms with Crippen LogP contribution in [-0.4, -0.2) is 46.9 Å². The Morgan fingerprint density at radius 3 is 2.52 bits per heavy atom. The second-order valence-electron chi connectivity index (χ2n) is 7.85. The highest BCUT2D eigenvalue weighted by molar-refractivity contribution is 7.92. The lowest BCUT2D eigenvalue weighted by Gasteiger charge is -2.22. The van der Waals surface area contributed by atoms with E-state index in [2.05, 4.69) is 25.5 Å². The monoisotopic (exact) mass is 482 g/mol. The van der Waals surface area contributed by atoms with Gasteiger partial charge in [0.05, 0.1) is 26.9 Å². The molecule has 9 nitrogen and oxygen atoms in total. The van der Waals surface area contributed by atoms with E-state index in [4.69, 9.17) is 10.2 Å². The second kappa shape index (κ2) is 8.65. The number of aromatic nitrogens is 4. The minimum atomic E-state index is -3.37. The number of anilines is 1. The third kappa shape index (κ3) is 4.14. The molecule has 0 bridgehead atoms. The van der Waals surface area contributed by atoms with Crippen molar-refractivity contribution in [2.75, 3.05) is 18.8 Å². The van der Waals surface area contributed by atoms with Crippen LogP contribution in [0.1, 0.15) is 18.4 Å². The maximum absolute atomic E-state index is 12.9. The number of rotatable bonds is 5. The number of sulfone groups is 1. The van der Waals surface area contributed by atoms with Crippen molar-refractivity contribution in [1.29, 1.82) is 0 Å². The van der Waals surface area contributed by atoms with Crippen molar-refractivity contribution in [1.82, 2.24) is 25.5 Å². The van der Waals surface area contributed by atoms with Gasteiger partial charge < -0.3 is 15.5 Å². The highest BCUT2D eigenvalue weighted by Gasteiger charge is 2.28. The van der Waals surface area contributed by atoms with E-state index in [0.717, 1.165) is 23.5 Å². The van der Waals surface area contributed by atoms with Crippen LogP contribution in [-0.2, 0) is 9.84 Å². The van der Waals surface area contributed by atoms with E-state index in [0.29, 0.717) is 34.9 Å². The summed E-state index contributed by atoms with van der Waals surface area (Å²) < 4.78 is 31.7. The van der Waals surface area contributed by atoms with E-state index < -0.39 is 9.84 Å². The van der Waals surface area contributed by atoms with Gasteiger partial charge in [0.15, 0.2) is 21.3 Å². The molecule has 4 heterocycles. The first-order chi connectivity index (χ1) is 15.9. The van der Waals surface area contributed by atoms with Crippen LogP contribution in [0.2, 0.25) is 0 Å². The third-order valence-corrected chi connectivity index (χ3v) is 8.97. The SMILES string of the molecule is Cc1ccsc1-c1nnc(-c2nc(-c3ccc(S(=O)(=O)C4CCNCC4)cc3)cnc2N)o1. The van der Waals surface area contributed by atoms with E-state index in [1.165, 1.54) is 17.5 Å². The number of piperidine rings is 1. The topological polar surface area (TPSA) is 137 Å². The average Bonchev–Trinajstić information content (AvgIpc) is 3.49. The van der Waals surface area contributed by atoms with Crippen LogP contribution >= 0.6 is 11.3 Å². The zero-order chi connectivity index (χ0) is 23.0. The summed E-state index contributed by atoms with van der Waals surface area (Å²) in [5, 5.41) is 13.0. The fourth-order valence-corrected chi connectivity index (χ4v) is 6.41. The van der Waals surface area contributed by atoms with E-state index in [1.807, 2.05) is 18.4 Å². The van der Waals surface area contributed by atoms with Crippen molar-refractivity contribution in [2.24, 2.45) is 0 Å². The van der Waals surface area contributed by atoms with Crippen LogP contribution in [0, 0.1) is 6.92 Å². The number of nitrogens with zero attached hydrogens (tertiary/aromatic N) is 4. The summed E-state index contributed by atoms with van der Waals surface area (Å²) in [6, 6.07) is 8.68. The molecule has 1 aromatic carbocycles. The van der Waals surface area contributed by atoms with E-state index in [-0.39, 0.29) is 22.7 Å². The van der Waals surface area contributed by atoms with Crippen LogP contribution in [0.15, 0.2) is 51.2 Å². The van der Waals surface area contributed by atoms with E-state index >= 15 is 0 Å². The van der Waals surface area contributed by atoms with Crippen molar-refractivity contribution < 1.29 is 12.8 Å². The normalized spacial score (nSPS) is 15.1. The molecule has 0 unspecified atom stereocenters. The molecule has 4 aromatic rings. The van der Waals surface area contributed by atoms with Gasteiger partial charge in [0.1, 0.15) is 0 Å². The van der Waals surface area contributed by atoms with Crippen molar-refractivity contribution in [3.8, 4) is 33.6 Å². The minimum absolute atomic E-state index is 0.168. The van der Waals surface area contributed by atoms with Gasteiger partial charge in [-0.15, -0.1) is 21.5 Å². The molecule has 1 saturated heterocycles. The van der Waals surface area contributed by atoms with Gasteiger partial charge in [-0.25, -0.2) is 18.4 Å². The first kappa shape index (κ1) is 21.7. The van der Waals surface area contributed by atoms with Crippen molar-refractivity contribution in [2.45, 2.75) is 29.9 Å². The molecular weight excluding hydrogens is 460 g/mol. The lowest BCUT2D eigenvalue weighted by Crippen LogP contribution is -2.35. The summed E-state index contributed by atoms with van der Waals surface area (Å²) in [7, 11) is -3.37. The van der Waals surface area contributed by atoms with Crippen LogP contribution in [0.5, 0.6) is 0 Å². The molecule has 3 N–H and O–H groups in total. The van der Waals surface area contributed by atoms with Crippen LogP contribution in [0.3, 0.4) is 0 Å². The van der Waals surface area contributed by atoms with Crippen LogP contribution in [0.25, 0.3) is 33.6 Å². The minimum Gasteiger partial charge on any atom is -0.414 e. The fraction of sp³-hybridized carbons (Fsp3) is 0.273. The van der Waals surface area contributed by atoms with Crippen LogP contribution in [0.4, 0.5) is 5.82 Å². The lowest BCUT2D eigenvalue weighted by molar-refractivity contribution is 0.496. The molecule has 1 aliphatic heterocycles. The summed E-state index contributed by atoms with van der Waals surface area (Å²) in [6.45, 7) is 3.41. The molecule has 0 atom stereocenters. The molecule has 1 fully saturated rings. The summed E-state index contributed by atoms with van der Waals surface area (Å²) in [4.78, 5) is 10.0. The van der Waals surface area contributed by atoms with Crippen molar-refractivity contribution in [3.05, 3.63) is 47.5 Å². The molecule has 11 heteroatoms. The Labute approximate surface area is 195 Å². The Kier molecular flexibility index (Phi) is 5.69. The molecule has 170 valence electrons. The number of aryl methyl sites for hydroxylation is 1. The number of benzene rings is 1. The highest BCUT2D eigenvalue weighted by Crippen LogP contribution is 2.32. The summed E-state index contributed by atoms with van der Waals surface area (Å²) >= 11 is 1.51. The van der Waals surface area contributed by atoms with Crippen molar-refractivity contribution >= 4 is 27.0 Å². The Hall–Kier alpha value is -3.15. The molecule has 0 aliphatic carbocycles. The van der Waals surface area contributed by atoms with Gasteiger partial charge in [-0.2, -0.15) is 0 Å².